The summed E-state index contributed by atoms with van der Waals surface area (Å²) in [4.78, 5) is 0. The highest BCUT2D eigenvalue weighted by atomic mass is 35.5. The molecule has 0 fully saturated rings. The number of ether oxygens (including phenoxy) is 4. The fraction of sp³-hybridized carbons (Fsp3) is 0.300. The van der Waals surface area contributed by atoms with Gasteiger partial charge < -0.3 is 23.4 Å². The van der Waals surface area contributed by atoms with Gasteiger partial charge in [0.25, 0.3) is 5.89 Å². The molecule has 3 rings (SSSR count). The van der Waals surface area contributed by atoms with Gasteiger partial charge in [-0.25, -0.2) is 0 Å². The highest BCUT2D eigenvalue weighted by Crippen LogP contribution is 2.41. The summed E-state index contributed by atoms with van der Waals surface area (Å²) in [5.41, 5.74) is 1.56. The minimum atomic E-state index is -0.442. The summed E-state index contributed by atoms with van der Waals surface area (Å²) in [6.07, 6.45) is -0.442. The zero-order valence-electron chi connectivity index (χ0n) is 16.3. The molecule has 148 valence electrons. The molecule has 0 N–H and O–H groups in total. The quantitative estimate of drug-likeness (QED) is 0.556. The van der Waals surface area contributed by atoms with Gasteiger partial charge in [0.1, 0.15) is 5.75 Å². The third kappa shape index (κ3) is 3.99. The zero-order valence-corrected chi connectivity index (χ0v) is 17.0. The van der Waals surface area contributed by atoms with Crippen LogP contribution >= 0.6 is 11.6 Å². The predicted octanol–water partition coefficient (Wildman–Crippen LogP) is 4.86. The summed E-state index contributed by atoms with van der Waals surface area (Å²) in [6.45, 7) is 3.75. The number of aromatic nitrogens is 2. The van der Waals surface area contributed by atoms with Crippen LogP contribution in [0.3, 0.4) is 0 Å². The predicted molar refractivity (Wildman–Crippen MR) is 105 cm³/mol. The Morgan fingerprint density at radius 1 is 0.929 bits per heavy atom. The molecule has 0 aliphatic carbocycles. The molecular weight excluding hydrogens is 384 g/mol. The first-order valence-corrected chi connectivity index (χ1v) is 8.91. The van der Waals surface area contributed by atoms with Crippen molar-refractivity contribution in [3.63, 3.8) is 0 Å². The molecule has 0 saturated carbocycles. The molecule has 1 heterocycles. The summed E-state index contributed by atoms with van der Waals surface area (Å²) in [7, 11) is 4.64. The van der Waals surface area contributed by atoms with Crippen LogP contribution in [-0.4, -0.2) is 31.5 Å². The largest absolute Gasteiger partial charge is 0.493 e. The number of aryl methyl sites for hydroxylation is 1. The molecule has 2 aromatic carbocycles. The molecule has 0 aliphatic heterocycles. The van der Waals surface area contributed by atoms with E-state index in [0.717, 1.165) is 5.56 Å². The second-order valence-corrected chi connectivity index (χ2v) is 6.47. The third-order valence-corrected chi connectivity index (χ3v) is 4.38. The Morgan fingerprint density at radius 2 is 1.61 bits per heavy atom. The lowest BCUT2D eigenvalue weighted by atomic mass is 10.2. The lowest BCUT2D eigenvalue weighted by Crippen LogP contribution is -2.04. The van der Waals surface area contributed by atoms with Crippen LogP contribution in [0, 0.1) is 6.92 Å². The van der Waals surface area contributed by atoms with E-state index in [1.807, 2.05) is 26.0 Å². The maximum absolute atomic E-state index is 5.99. The van der Waals surface area contributed by atoms with Gasteiger partial charge in [0, 0.05) is 10.6 Å². The van der Waals surface area contributed by atoms with Crippen molar-refractivity contribution in [2.45, 2.75) is 20.0 Å². The van der Waals surface area contributed by atoms with Gasteiger partial charge in [0.15, 0.2) is 17.6 Å². The molecule has 28 heavy (non-hydrogen) atoms. The van der Waals surface area contributed by atoms with Crippen LogP contribution in [0.5, 0.6) is 23.0 Å². The monoisotopic (exact) mass is 404 g/mol. The molecule has 0 spiro atoms. The van der Waals surface area contributed by atoms with Crippen LogP contribution in [0.2, 0.25) is 5.02 Å². The van der Waals surface area contributed by atoms with Crippen molar-refractivity contribution in [3.8, 4) is 34.5 Å². The van der Waals surface area contributed by atoms with E-state index in [4.69, 9.17) is 35.0 Å². The summed E-state index contributed by atoms with van der Waals surface area (Å²) in [5.74, 6) is 2.85. The molecule has 0 radical (unpaired) electrons. The van der Waals surface area contributed by atoms with Crippen molar-refractivity contribution in [1.29, 1.82) is 0 Å². The number of hydrogen-bond donors (Lipinski definition) is 0. The molecule has 8 heteroatoms. The first kappa shape index (κ1) is 19.8. The Bertz CT molecular complexity index is 948. The first-order chi connectivity index (χ1) is 13.5. The van der Waals surface area contributed by atoms with Crippen molar-refractivity contribution < 1.29 is 23.4 Å². The van der Waals surface area contributed by atoms with E-state index in [0.29, 0.717) is 45.4 Å². The minimum Gasteiger partial charge on any atom is -0.493 e. The summed E-state index contributed by atoms with van der Waals surface area (Å²) in [6, 6.07) is 8.90. The van der Waals surface area contributed by atoms with Crippen molar-refractivity contribution in [1.82, 2.24) is 10.2 Å². The topological polar surface area (TPSA) is 75.8 Å². The van der Waals surface area contributed by atoms with Gasteiger partial charge in [0.2, 0.25) is 11.6 Å². The van der Waals surface area contributed by atoms with E-state index < -0.39 is 6.10 Å². The van der Waals surface area contributed by atoms with E-state index in [1.165, 1.54) is 0 Å². The maximum atomic E-state index is 5.99. The molecule has 0 unspecified atom stereocenters. The lowest BCUT2D eigenvalue weighted by Gasteiger charge is -2.13. The normalized spacial score (nSPS) is 11.8. The molecular formula is C20H21ClN2O5. The van der Waals surface area contributed by atoms with E-state index in [1.54, 1.807) is 39.5 Å². The van der Waals surface area contributed by atoms with Crippen molar-refractivity contribution in [2.24, 2.45) is 0 Å². The molecule has 1 aromatic heterocycles. The SMILES string of the molecule is COc1cc(-c2nnc([C@H](C)Oc3ccc(Cl)cc3C)o2)cc(OC)c1OC. The summed E-state index contributed by atoms with van der Waals surface area (Å²) >= 11 is 5.99. The van der Waals surface area contributed by atoms with Gasteiger partial charge in [-0.15, -0.1) is 10.2 Å². The van der Waals surface area contributed by atoms with Crippen LogP contribution in [0.15, 0.2) is 34.7 Å². The minimum absolute atomic E-state index is 0.317. The highest BCUT2D eigenvalue weighted by Gasteiger charge is 2.20. The van der Waals surface area contributed by atoms with E-state index >= 15 is 0 Å². The van der Waals surface area contributed by atoms with Crippen LogP contribution < -0.4 is 18.9 Å². The maximum Gasteiger partial charge on any atom is 0.257 e. The van der Waals surface area contributed by atoms with Gasteiger partial charge in [-0.2, -0.15) is 0 Å². The van der Waals surface area contributed by atoms with Gasteiger partial charge in [-0.05, 0) is 49.7 Å². The van der Waals surface area contributed by atoms with Crippen LogP contribution in [0.25, 0.3) is 11.5 Å². The average molecular weight is 405 g/mol. The second kappa shape index (κ2) is 8.39. The Hall–Kier alpha value is -2.93. The molecule has 0 saturated heterocycles. The molecule has 3 aromatic rings. The zero-order chi connectivity index (χ0) is 20.3. The van der Waals surface area contributed by atoms with E-state index in [-0.39, 0.29) is 0 Å². The number of methoxy groups -OCH3 is 3. The molecule has 7 nitrogen and oxygen atoms in total. The van der Waals surface area contributed by atoms with Crippen LogP contribution in [0.4, 0.5) is 0 Å². The Labute approximate surface area is 168 Å². The van der Waals surface area contributed by atoms with E-state index in [2.05, 4.69) is 10.2 Å². The average Bonchev–Trinajstić information content (AvgIpc) is 3.19. The highest BCUT2D eigenvalue weighted by molar-refractivity contribution is 6.30. The van der Waals surface area contributed by atoms with E-state index in [9.17, 15) is 0 Å². The van der Waals surface area contributed by atoms with Crippen LogP contribution in [-0.2, 0) is 0 Å². The fourth-order valence-corrected chi connectivity index (χ4v) is 2.93. The van der Waals surface area contributed by atoms with Crippen molar-refractivity contribution >= 4 is 11.6 Å². The van der Waals surface area contributed by atoms with Crippen molar-refractivity contribution in [2.75, 3.05) is 21.3 Å². The Morgan fingerprint density at radius 3 is 2.18 bits per heavy atom. The third-order valence-electron chi connectivity index (χ3n) is 4.14. The standard InChI is InChI=1S/C20H21ClN2O5/c1-11-8-14(21)6-7-15(11)27-12(2)19-22-23-20(28-19)13-9-16(24-3)18(26-5)17(10-13)25-4/h6-10,12H,1-5H3/t12-/m0/s1. The molecule has 0 bridgehead atoms. The summed E-state index contributed by atoms with van der Waals surface area (Å²) in [5, 5.41) is 8.88. The number of nitrogens with zero attached hydrogens (tertiary/aromatic N) is 2. The first-order valence-electron chi connectivity index (χ1n) is 8.53. The smallest absolute Gasteiger partial charge is 0.257 e. The number of hydrogen-bond acceptors (Lipinski definition) is 7. The van der Waals surface area contributed by atoms with Gasteiger partial charge in [0.05, 0.1) is 21.3 Å². The molecule has 0 aliphatic rings. The van der Waals surface area contributed by atoms with Gasteiger partial charge in [-0.1, -0.05) is 11.6 Å². The second-order valence-electron chi connectivity index (χ2n) is 6.03. The van der Waals surface area contributed by atoms with Crippen molar-refractivity contribution in [3.05, 3.63) is 46.8 Å². The lowest BCUT2D eigenvalue weighted by molar-refractivity contribution is 0.188. The Balaban J connectivity index is 1.87. The van der Waals surface area contributed by atoms with Gasteiger partial charge in [-0.3, -0.25) is 0 Å². The molecule has 1 atom stereocenters. The summed E-state index contributed by atoms with van der Waals surface area (Å²) < 4.78 is 27.8. The number of benzene rings is 2. The molecule has 0 amide bonds. The van der Waals surface area contributed by atoms with Crippen LogP contribution in [0.1, 0.15) is 24.5 Å². The Kier molecular flexibility index (Phi) is 5.94. The van der Waals surface area contributed by atoms with Gasteiger partial charge >= 0.3 is 0 Å². The number of halogens is 1. The fourth-order valence-electron chi connectivity index (χ4n) is 2.71. The number of rotatable bonds is 7.